The summed E-state index contributed by atoms with van der Waals surface area (Å²) in [4.78, 5) is 3.91. The number of aromatic nitrogens is 2. The van der Waals surface area contributed by atoms with Crippen LogP contribution in [0.4, 0.5) is 5.95 Å². The van der Waals surface area contributed by atoms with Crippen LogP contribution in [0.15, 0.2) is 12.4 Å². The zero-order valence-electron chi connectivity index (χ0n) is 9.16. The van der Waals surface area contributed by atoms with Gasteiger partial charge in [-0.15, -0.1) is 0 Å². The minimum absolute atomic E-state index is 0.510. The Bertz CT molecular complexity index is 280. The van der Waals surface area contributed by atoms with Crippen LogP contribution in [-0.2, 0) is 11.5 Å². The first-order chi connectivity index (χ1) is 6.49. The van der Waals surface area contributed by atoms with Crippen LogP contribution >= 0.6 is 0 Å². The van der Waals surface area contributed by atoms with Crippen LogP contribution in [0.3, 0.4) is 0 Å². The number of imidazole rings is 1. The number of anilines is 1. The lowest BCUT2D eigenvalue weighted by Gasteiger charge is -2.15. The van der Waals surface area contributed by atoms with E-state index in [1.807, 2.05) is 6.20 Å². The van der Waals surface area contributed by atoms with Gasteiger partial charge >= 0.3 is 0 Å². The highest BCUT2D eigenvalue weighted by Crippen LogP contribution is 2.08. The molecule has 5 heteroatoms. The Morgan fingerprint density at radius 2 is 2.21 bits per heavy atom. The summed E-state index contributed by atoms with van der Waals surface area (Å²) in [7, 11) is -0.974. The molecule has 0 bridgehead atoms. The second-order valence-electron chi connectivity index (χ2n) is 4.60. The maximum absolute atomic E-state index is 5.59. The van der Waals surface area contributed by atoms with E-state index in [-0.39, 0.29) is 0 Å². The van der Waals surface area contributed by atoms with Crippen LogP contribution < -0.4 is 5.73 Å². The van der Waals surface area contributed by atoms with Crippen molar-refractivity contribution >= 4 is 14.0 Å². The van der Waals surface area contributed by atoms with Crippen molar-refractivity contribution in [1.29, 1.82) is 0 Å². The van der Waals surface area contributed by atoms with E-state index in [0.717, 1.165) is 6.61 Å². The number of hydrogen-bond donors (Lipinski definition) is 1. The Labute approximate surface area is 86.1 Å². The van der Waals surface area contributed by atoms with Gasteiger partial charge in [0.2, 0.25) is 5.95 Å². The van der Waals surface area contributed by atoms with Crippen molar-refractivity contribution in [2.24, 2.45) is 0 Å². The molecule has 0 spiro atoms. The standard InChI is InChI=1S/C9H19N3OSi/c1-14(2,3)7-6-13-8-12-5-4-11-9(12)10/h4-5H,6-8H2,1-3H3,(H2,10,11). The minimum Gasteiger partial charge on any atom is -0.369 e. The fraction of sp³-hybridized carbons (Fsp3) is 0.667. The molecule has 0 unspecified atom stereocenters. The first-order valence-corrected chi connectivity index (χ1v) is 8.54. The van der Waals surface area contributed by atoms with Gasteiger partial charge in [-0.3, -0.25) is 4.57 Å². The van der Waals surface area contributed by atoms with Crippen LogP contribution in [0.5, 0.6) is 0 Å². The third-order valence-electron chi connectivity index (χ3n) is 1.97. The fourth-order valence-electron chi connectivity index (χ4n) is 0.991. The first kappa shape index (κ1) is 11.3. The van der Waals surface area contributed by atoms with Gasteiger partial charge in [-0.05, 0) is 6.04 Å². The SMILES string of the molecule is C[Si](C)(C)CCOCn1ccnc1N. The van der Waals surface area contributed by atoms with Gasteiger partial charge in [0.1, 0.15) is 6.73 Å². The zero-order chi connectivity index (χ0) is 10.6. The van der Waals surface area contributed by atoms with E-state index in [9.17, 15) is 0 Å². The Morgan fingerprint density at radius 3 is 2.71 bits per heavy atom. The lowest BCUT2D eigenvalue weighted by Crippen LogP contribution is -2.22. The highest BCUT2D eigenvalue weighted by atomic mass is 28.3. The zero-order valence-corrected chi connectivity index (χ0v) is 10.2. The minimum atomic E-state index is -0.974. The van der Waals surface area contributed by atoms with Crippen molar-refractivity contribution < 1.29 is 4.74 Å². The summed E-state index contributed by atoms with van der Waals surface area (Å²) in [5, 5.41) is 0. The Kier molecular flexibility index (Phi) is 3.71. The Hall–Kier alpha value is -0.813. The number of hydrogen-bond acceptors (Lipinski definition) is 3. The number of nitrogen functional groups attached to an aromatic ring is 1. The van der Waals surface area contributed by atoms with E-state index in [1.165, 1.54) is 6.04 Å². The second kappa shape index (κ2) is 4.61. The molecule has 0 saturated heterocycles. The van der Waals surface area contributed by atoms with Crippen molar-refractivity contribution in [3.8, 4) is 0 Å². The van der Waals surface area contributed by atoms with Crippen molar-refractivity contribution in [3.63, 3.8) is 0 Å². The molecule has 1 heterocycles. The molecule has 0 aliphatic rings. The van der Waals surface area contributed by atoms with E-state index in [1.54, 1.807) is 10.8 Å². The summed E-state index contributed by atoms with van der Waals surface area (Å²) >= 11 is 0. The largest absolute Gasteiger partial charge is 0.369 e. The second-order valence-corrected chi connectivity index (χ2v) is 10.2. The summed E-state index contributed by atoms with van der Waals surface area (Å²) < 4.78 is 7.31. The number of rotatable bonds is 5. The third-order valence-corrected chi connectivity index (χ3v) is 3.68. The van der Waals surface area contributed by atoms with Crippen molar-refractivity contribution in [2.75, 3.05) is 12.3 Å². The maximum atomic E-state index is 5.59. The van der Waals surface area contributed by atoms with E-state index in [4.69, 9.17) is 10.5 Å². The van der Waals surface area contributed by atoms with Crippen LogP contribution in [0.2, 0.25) is 25.7 Å². The summed E-state index contributed by atoms with van der Waals surface area (Å²) in [6, 6.07) is 1.18. The van der Waals surface area contributed by atoms with Crippen LogP contribution in [0.25, 0.3) is 0 Å². The average Bonchev–Trinajstić information content (AvgIpc) is 2.44. The summed E-state index contributed by atoms with van der Waals surface area (Å²) in [5.41, 5.74) is 5.59. The van der Waals surface area contributed by atoms with E-state index in [2.05, 4.69) is 24.6 Å². The first-order valence-electron chi connectivity index (χ1n) is 4.83. The normalized spacial score (nSPS) is 11.9. The Morgan fingerprint density at radius 1 is 1.50 bits per heavy atom. The average molecular weight is 213 g/mol. The lowest BCUT2D eigenvalue weighted by molar-refractivity contribution is 0.0886. The van der Waals surface area contributed by atoms with Crippen molar-refractivity contribution in [3.05, 3.63) is 12.4 Å². The van der Waals surface area contributed by atoms with Gasteiger partial charge in [-0.2, -0.15) is 0 Å². The third kappa shape index (κ3) is 3.93. The maximum Gasteiger partial charge on any atom is 0.202 e. The van der Waals surface area contributed by atoms with Gasteiger partial charge in [0.05, 0.1) is 0 Å². The number of nitrogens with zero attached hydrogens (tertiary/aromatic N) is 2. The van der Waals surface area contributed by atoms with Gasteiger partial charge in [0.25, 0.3) is 0 Å². The molecular formula is C9H19N3OSi. The lowest BCUT2D eigenvalue weighted by atomic mass is 10.8. The molecule has 0 aliphatic heterocycles. The van der Waals surface area contributed by atoms with Crippen LogP contribution in [0.1, 0.15) is 0 Å². The fourth-order valence-corrected chi connectivity index (χ4v) is 1.75. The summed E-state index contributed by atoms with van der Waals surface area (Å²) in [6.07, 6.45) is 3.50. The molecule has 0 radical (unpaired) electrons. The smallest absolute Gasteiger partial charge is 0.202 e. The highest BCUT2D eigenvalue weighted by Gasteiger charge is 2.11. The van der Waals surface area contributed by atoms with Crippen LogP contribution in [-0.4, -0.2) is 24.2 Å². The molecule has 0 atom stereocenters. The molecule has 0 saturated carbocycles. The topological polar surface area (TPSA) is 53.1 Å². The molecule has 0 aromatic carbocycles. The highest BCUT2D eigenvalue weighted by molar-refractivity contribution is 6.76. The molecule has 0 amide bonds. The summed E-state index contributed by atoms with van der Waals surface area (Å²) in [5.74, 6) is 0.512. The monoisotopic (exact) mass is 213 g/mol. The van der Waals surface area contributed by atoms with Crippen molar-refractivity contribution in [2.45, 2.75) is 32.4 Å². The number of ether oxygens (including phenoxy) is 1. The molecule has 1 rings (SSSR count). The van der Waals surface area contributed by atoms with Gasteiger partial charge in [0, 0.05) is 27.1 Å². The molecule has 14 heavy (non-hydrogen) atoms. The Balaban J connectivity index is 2.20. The predicted octanol–water partition coefficient (Wildman–Crippen LogP) is 1.78. The molecule has 1 aromatic rings. The van der Waals surface area contributed by atoms with E-state index >= 15 is 0 Å². The van der Waals surface area contributed by atoms with E-state index in [0.29, 0.717) is 12.7 Å². The number of nitrogens with two attached hydrogens (primary N) is 1. The quantitative estimate of drug-likeness (QED) is 0.599. The molecule has 80 valence electrons. The molecule has 0 fully saturated rings. The molecule has 0 aliphatic carbocycles. The molecule has 1 aromatic heterocycles. The van der Waals surface area contributed by atoms with E-state index < -0.39 is 8.07 Å². The van der Waals surface area contributed by atoms with Crippen molar-refractivity contribution in [1.82, 2.24) is 9.55 Å². The molecular weight excluding hydrogens is 194 g/mol. The molecule has 2 N–H and O–H groups in total. The molecule has 4 nitrogen and oxygen atoms in total. The summed E-state index contributed by atoms with van der Waals surface area (Å²) in [6.45, 7) is 8.33. The van der Waals surface area contributed by atoms with Gasteiger partial charge in [0.15, 0.2) is 0 Å². The van der Waals surface area contributed by atoms with Gasteiger partial charge < -0.3 is 10.5 Å². The van der Waals surface area contributed by atoms with Crippen LogP contribution in [0, 0.1) is 0 Å². The van der Waals surface area contributed by atoms with Gasteiger partial charge in [-0.25, -0.2) is 4.98 Å². The van der Waals surface area contributed by atoms with Gasteiger partial charge in [-0.1, -0.05) is 19.6 Å². The predicted molar refractivity (Wildman–Crippen MR) is 60.7 cm³/mol.